The van der Waals surface area contributed by atoms with Gasteiger partial charge in [-0.1, -0.05) is 5.16 Å². The van der Waals surface area contributed by atoms with Gasteiger partial charge in [0.25, 0.3) is 0 Å². The molecular formula is C13H12N4O3. The van der Waals surface area contributed by atoms with Crippen molar-refractivity contribution in [3.8, 4) is 0 Å². The third-order valence-electron chi connectivity index (χ3n) is 2.80. The van der Waals surface area contributed by atoms with Crippen LogP contribution in [0.3, 0.4) is 0 Å². The first-order chi connectivity index (χ1) is 9.65. The van der Waals surface area contributed by atoms with E-state index in [-0.39, 0.29) is 6.61 Å². The Morgan fingerprint density at radius 1 is 1.45 bits per heavy atom. The quantitative estimate of drug-likeness (QED) is 0.675. The molecule has 102 valence electrons. The number of hydrogen-bond donors (Lipinski definition) is 0. The number of fused-ring (bicyclic) bond motifs is 1. The summed E-state index contributed by atoms with van der Waals surface area (Å²) in [5.74, 6) is 0.0168. The third kappa shape index (κ3) is 2.13. The summed E-state index contributed by atoms with van der Waals surface area (Å²) in [5.41, 5.74) is 2.15. The van der Waals surface area contributed by atoms with Crippen molar-refractivity contribution in [2.24, 2.45) is 0 Å². The Bertz CT molecular complexity index is 775. The lowest BCUT2D eigenvalue weighted by atomic mass is 10.2. The first-order valence-corrected chi connectivity index (χ1v) is 6.04. The van der Waals surface area contributed by atoms with Crippen molar-refractivity contribution in [2.45, 2.75) is 20.5 Å². The van der Waals surface area contributed by atoms with Gasteiger partial charge < -0.3 is 9.26 Å². The van der Waals surface area contributed by atoms with Gasteiger partial charge in [0, 0.05) is 18.5 Å². The molecule has 3 rings (SSSR count). The molecule has 20 heavy (non-hydrogen) atoms. The Balaban J connectivity index is 1.83. The average Bonchev–Trinajstić information content (AvgIpc) is 2.98. The Morgan fingerprint density at radius 2 is 2.30 bits per heavy atom. The first-order valence-electron chi connectivity index (χ1n) is 6.04. The van der Waals surface area contributed by atoms with Gasteiger partial charge in [-0.2, -0.15) is 5.10 Å². The number of hydrogen-bond acceptors (Lipinski definition) is 6. The van der Waals surface area contributed by atoms with Crippen molar-refractivity contribution >= 4 is 11.6 Å². The van der Waals surface area contributed by atoms with E-state index < -0.39 is 5.97 Å². The molecule has 0 radical (unpaired) electrons. The summed E-state index contributed by atoms with van der Waals surface area (Å²) >= 11 is 0. The van der Waals surface area contributed by atoms with Gasteiger partial charge in [-0.05, 0) is 19.9 Å². The molecule has 7 nitrogen and oxygen atoms in total. The fraction of sp³-hybridized carbons (Fsp3) is 0.231. The van der Waals surface area contributed by atoms with Gasteiger partial charge in [-0.3, -0.25) is 0 Å². The average molecular weight is 272 g/mol. The number of ether oxygens (including phenoxy) is 1. The SMILES string of the molecule is Cc1cc(COC(=O)c2c(C)nn3cccnc23)on1. The zero-order valence-corrected chi connectivity index (χ0v) is 11.0. The van der Waals surface area contributed by atoms with Gasteiger partial charge in [-0.25, -0.2) is 14.3 Å². The number of esters is 1. The lowest BCUT2D eigenvalue weighted by Gasteiger charge is -2.01. The standard InChI is InChI=1S/C13H12N4O3/c1-8-6-10(20-16-8)7-19-13(18)11-9(2)15-17-5-3-4-14-12(11)17/h3-6H,7H2,1-2H3. The summed E-state index contributed by atoms with van der Waals surface area (Å²) in [6, 6.07) is 3.46. The monoisotopic (exact) mass is 272 g/mol. The summed E-state index contributed by atoms with van der Waals surface area (Å²) in [4.78, 5) is 16.3. The second kappa shape index (κ2) is 4.76. The zero-order valence-electron chi connectivity index (χ0n) is 11.0. The number of rotatable bonds is 3. The van der Waals surface area contributed by atoms with Crippen LogP contribution in [0, 0.1) is 13.8 Å². The maximum absolute atomic E-state index is 12.1. The Labute approximate surface area is 114 Å². The van der Waals surface area contributed by atoms with E-state index in [9.17, 15) is 4.79 Å². The third-order valence-corrected chi connectivity index (χ3v) is 2.80. The minimum atomic E-state index is -0.481. The fourth-order valence-electron chi connectivity index (χ4n) is 1.93. The van der Waals surface area contributed by atoms with Crippen molar-refractivity contribution in [1.82, 2.24) is 19.8 Å². The van der Waals surface area contributed by atoms with Gasteiger partial charge >= 0.3 is 5.97 Å². The smallest absolute Gasteiger partial charge is 0.344 e. The molecule has 0 aromatic carbocycles. The van der Waals surface area contributed by atoms with Crippen LogP contribution in [0.4, 0.5) is 0 Å². The molecule has 0 aliphatic carbocycles. The first kappa shape index (κ1) is 12.3. The second-order valence-electron chi connectivity index (χ2n) is 4.36. The fourth-order valence-corrected chi connectivity index (χ4v) is 1.93. The minimum absolute atomic E-state index is 0.0310. The molecule has 3 aromatic heterocycles. The maximum atomic E-state index is 12.1. The number of nitrogens with zero attached hydrogens (tertiary/aromatic N) is 4. The largest absolute Gasteiger partial charge is 0.454 e. The van der Waals surface area contributed by atoms with E-state index in [1.54, 1.807) is 42.9 Å². The van der Waals surface area contributed by atoms with E-state index in [2.05, 4.69) is 15.2 Å². The Morgan fingerprint density at radius 3 is 3.05 bits per heavy atom. The number of aromatic nitrogens is 4. The molecule has 0 spiro atoms. The second-order valence-corrected chi connectivity index (χ2v) is 4.36. The molecule has 0 unspecified atom stereocenters. The van der Waals surface area contributed by atoms with E-state index in [0.717, 1.165) is 5.69 Å². The zero-order chi connectivity index (χ0) is 14.1. The molecule has 0 atom stereocenters. The molecule has 7 heteroatoms. The van der Waals surface area contributed by atoms with Crippen molar-refractivity contribution in [3.05, 3.63) is 47.2 Å². The van der Waals surface area contributed by atoms with Gasteiger partial charge in [0.1, 0.15) is 5.56 Å². The van der Waals surface area contributed by atoms with Gasteiger partial charge in [-0.15, -0.1) is 0 Å². The van der Waals surface area contributed by atoms with Gasteiger partial charge in [0.05, 0.1) is 11.4 Å². The van der Waals surface area contributed by atoms with E-state index in [1.807, 2.05) is 0 Å². The van der Waals surface area contributed by atoms with Crippen LogP contribution in [0.5, 0.6) is 0 Å². The van der Waals surface area contributed by atoms with Crippen molar-refractivity contribution < 1.29 is 14.1 Å². The van der Waals surface area contributed by atoms with Gasteiger partial charge in [0.15, 0.2) is 18.0 Å². The highest BCUT2D eigenvalue weighted by Crippen LogP contribution is 2.15. The van der Waals surface area contributed by atoms with Crippen molar-refractivity contribution in [2.75, 3.05) is 0 Å². The highest BCUT2D eigenvalue weighted by molar-refractivity contribution is 5.97. The van der Waals surface area contributed by atoms with Crippen LogP contribution in [0.15, 0.2) is 29.0 Å². The van der Waals surface area contributed by atoms with E-state index in [4.69, 9.17) is 9.26 Å². The molecule has 0 N–H and O–H groups in total. The lowest BCUT2D eigenvalue weighted by Crippen LogP contribution is -2.06. The van der Waals surface area contributed by atoms with Crippen LogP contribution in [-0.2, 0) is 11.3 Å². The molecule has 0 aliphatic heterocycles. The van der Waals surface area contributed by atoms with Crippen LogP contribution >= 0.6 is 0 Å². The molecule has 0 aliphatic rings. The highest BCUT2D eigenvalue weighted by Gasteiger charge is 2.20. The van der Waals surface area contributed by atoms with Crippen LogP contribution in [0.25, 0.3) is 5.65 Å². The molecule has 0 fully saturated rings. The number of aryl methyl sites for hydroxylation is 2. The maximum Gasteiger partial charge on any atom is 0.344 e. The van der Waals surface area contributed by atoms with Crippen LogP contribution in [0.2, 0.25) is 0 Å². The van der Waals surface area contributed by atoms with E-state index >= 15 is 0 Å². The predicted octanol–water partition coefficient (Wildman–Crippen LogP) is 1.69. The molecule has 0 saturated carbocycles. The number of carbonyl (C=O) groups excluding carboxylic acids is 1. The predicted molar refractivity (Wildman–Crippen MR) is 68.1 cm³/mol. The van der Waals surface area contributed by atoms with E-state index in [1.165, 1.54) is 0 Å². The van der Waals surface area contributed by atoms with Crippen molar-refractivity contribution in [3.63, 3.8) is 0 Å². The van der Waals surface area contributed by atoms with Crippen molar-refractivity contribution in [1.29, 1.82) is 0 Å². The normalized spacial score (nSPS) is 10.9. The van der Waals surface area contributed by atoms with E-state index in [0.29, 0.717) is 22.7 Å². The molecule has 0 bridgehead atoms. The number of carbonyl (C=O) groups is 1. The summed E-state index contributed by atoms with van der Waals surface area (Å²) in [6.45, 7) is 3.57. The molecule has 0 amide bonds. The Hall–Kier alpha value is -2.70. The Kier molecular flexibility index (Phi) is 2.94. The van der Waals surface area contributed by atoms with Crippen LogP contribution in [-0.4, -0.2) is 25.7 Å². The summed E-state index contributed by atoms with van der Waals surface area (Å²) in [7, 11) is 0. The van der Waals surface area contributed by atoms with Crippen LogP contribution < -0.4 is 0 Å². The topological polar surface area (TPSA) is 82.5 Å². The van der Waals surface area contributed by atoms with Gasteiger partial charge in [0.2, 0.25) is 0 Å². The summed E-state index contributed by atoms with van der Waals surface area (Å²) in [6.07, 6.45) is 3.33. The minimum Gasteiger partial charge on any atom is -0.454 e. The lowest BCUT2D eigenvalue weighted by molar-refractivity contribution is 0.0438. The highest BCUT2D eigenvalue weighted by atomic mass is 16.5. The van der Waals surface area contributed by atoms with Crippen LogP contribution in [0.1, 0.15) is 27.5 Å². The molecule has 3 heterocycles. The molecular weight excluding hydrogens is 260 g/mol. The molecule has 3 aromatic rings. The summed E-state index contributed by atoms with van der Waals surface area (Å²) in [5, 5.41) is 7.94. The summed E-state index contributed by atoms with van der Waals surface area (Å²) < 4.78 is 11.7. The molecule has 0 saturated heterocycles.